The Balaban J connectivity index is 1.32. The zero-order chi connectivity index (χ0) is 33.9. The van der Waals surface area contributed by atoms with Gasteiger partial charge in [-0.25, -0.2) is 33.7 Å². The first-order chi connectivity index (χ1) is 24.6. The first-order valence-electron chi connectivity index (χ1n) is 16.1. The van der Waals surface area contributed by atoms with Crippen molar-refractivity contribution in [2.45, 2.75) is 0 Å². The molecule has 50 heavy (non-hydrogen) atoms. The fraction of sp³-hybridized carbons (Fsp3) is 0. The highest BCUT2D eigenvalue weighted by atomic mass is 16.2. The van der Waals surface area contributed by atoms with Gasteiger partial charge < -0.3 is 0 Å². The molecule has 0 aliphatic heterocycles. The Kier molecular flexibility index (Phi) is 8.00. The van der Waals surface area contributed by atoms with E-state index in [1.165, 1.54) is 4.57 Å². The van der Waals surface area contributed by atoms with Crippen LogP contribution in [0, 0.1) is 0 Å². The maximum absolute atomic E-state index is 14.6. The number of rotatable bonds is 7. The van der Waals surface area contributed by atoms with Crippen molar-refractivity contribution in [3.8, 4) is 68.1 Å². The SMILES string of the molecule is O=c1nc(-c2ccccc2-c2ccccc2)n(-c2ccccc2)c(=O)n1-c1cccc(-c2nc(-c3ccccc3)nc(-c3ccccc3)n2)c1. The van der Waals surface area contributed by atoms with Crippen LogP contribution in [0.15, 0.2) is 179 Å². The summed E-state index contributed by atoms with van der Waals surface area (Å²) in [5, 5.41) is 0. The fourth-order valence-corrected chi connectivity index (χ4v) is 5.94. The molecule has 238 valence electrons. The maximum atomic E-state index is 14.6. The minimum Gasteiger partial charge on any atom is -0.247 e. The van der Waals surface area contributed by atoms with Crippen LogP contribution in [0.3, 0.4) is 0 Å². The Bertz CT molecular complexity index is 2510. The Morgan fingerprint density at radius 3 is 1.38 bits per heavy atom. The van der Waals surface area contributed by atoms with Crippen LogP contribution in [0.4, 0.5) is 0 Å². The van der Waals surface area contributed by atoms with E-state index < -0.39 is 11.4 Å². The topological polar surface area (TPSA) is 95.6 Å². The standard InChI is InChI=1S/C42H28N6O2/c49-41-46-40(36-27-14-13-26-35(36)29-16-5-1-6-17-29)47(33-23-11-4-12-24-33)42(50)48(41)34-25-15-22-32(28-34)39-44-37(30-18-7-2-8-19-30)43-38(45-39)31-20-9-3-10-21-31/h1-28H. The second-order valence-electron chi connectivity index (χ2n) is 11.5. The first-order valence-corrected chi connectivity index (χ1v) is 16.1. The lowest BCUT2D eigenvalue weighted by Crippen LogP contribution is -2.40. The minimum atomic E-state index is -0.706. The summed E-state index contributed by atoms with van der Waals surface area (Å²) in [5.41, 5.74) is 4.37. The van der Waals surface area contributed by atoms with Crippen molar-refractivity contribution in [2.24, 2.45) is 0 Å². The van der Waals surface area contributed by atoms with Crippen molar-refractivity contribution >= 4 is 0 Å². The number of hydrogen-bond acceptors (Lipinski definition) is 6. The number of aromatic nitrogens is 6. The molecule has 8 heteroatoms. The van der Waals surface area contributed by atoms with Gasteiger partial charge in [-0.05, 0) is 35.4 Å². The van der Waals surface area contributed by atoms with Crippen molar-refractivity contribution < 1.29 is 0 Å². The molecule has 0 bridgehead atoms. The smallest absolute Gasteiger partial charge is 0.247 e. The van der Waals surface area contributed by atoms with E-state index in [1.807, 2.05) is 152 Å². The van der Waals surface area contributed by atoms with Gasteiger partial charge in [0.25, 0.3) is 0 Å². The van der Waals surface area contributed by atoms with Gasteiger partial charge >= 0.3 is 11.4 Å². The van der Waals surface area contributed by atoms with Gasteiger partial charge in [0.05, 0.1) is 11.4 Å². The molecule has 0 N–H and O–H groups in total. The first kappa shape index (κ1) is 30.3. The summed E-state index contributed by atoms with van der Waals surface area (Å²) in [4.78, 5) is 47.6. The molecule has 0 fully saturated rings. The summed E-state index contributed by atoms with van der Waals surface area (Å²) >= 11 is 0. The number of hydrogen-bond donors (Lipinski definition) is 0. The molecule has 0 aliphatic rings. The van der Waals surface area contributed by atoms with Crippen LogP contribution in [0.25, 0.3) is 68.1 Å². The van der Waals surface area contributed by atoms with Crippen LogP contribution >= 0.6 is 0 Å². The minimum absolute atomic E-state index is 0.246. The third-order valence-corrected chi connectivity index (χ3v) is 8.32. The van der Waals surface area contributed by atoms with Gasteiger partial charge in [0.15, 0.2) is 23.3 Å². The van der Waals surface area contributed by atoms with Crippen LogP contribution in [-0.4, -0.2) is 29.1 Å². The monoisotopic (exact) mass is 648 g/mol. The van der Waals surface area contributed by atoms with Gasteiger partial charge in [0.1, 0.15) is 0 Å². The quantitative estimate of drug-likeness (QED) is 0.174. The molecule has 0 saturated carbocycles. The summed E-state index contributed by atoms with van der Waals surface area (Å²) < 4.78 is 2.57. The van der Waals surface area contributed by atoms with E-state index in [0.29, 0.717) is 40.0 Å². The lowest BCUT2D eigenvalue weighted by atomic mass is 9.99. The molecule has 8 rings (SSSR count). The van der Waals surface area contributed by atoms with Crippen molar-refractivity contribution in [1.29, 1.82) is 0 Å². The van der Waals surface area contributed by atoms with Crippen molar-refractivity contribution in [2.75, 3.05) is 0 Å². The third-order valence-electron chi connectivity index (χ3n) is 8.32. The molecule has 0 saturated heterocycles. The highest BCUT2D eigenvalue weighted by molar-refractivity contribution is 5.81. The molecule has 2 heterocycles. The molecule has 6 aromatic carbocycles. The average molecular weight is 649 g/mol. The molecule has 8 nitrogen and oxygen atoms in total. The lowest BCUT2D eigenvalue weighted by molar-refractivity contribution is 0.755. The molecule has 0 unspecified atom stereocenters. The zero-order valence-electron chi connectivity index (χ0n) is 26.7. The van der Waals surface area contributed by atoms with E-state index in [1.54, 1.807) is 18.2 Å². The number of para-hydroxylation sites is 1. The van der Waals surface area contributed by atoms with Gasteiger partial charge in [-0.15, -0.1) is 0 Å². The van der Waals surface area contributed by atoms with Crippen LogP contribution in [0.1, 0.15) is 0 Å². The van der Waals surface area contributed by atoms with E-state index >= 15 is 0 Å². The predicted octanol–water partition coefficient (Wildman–Crippen LogP) is 7.90. The Hall–Kier alpha value is -7.06. The molecule has 0 aliphatic carbocycles. The average Bonchev–Trinajstić information content (AvgIpc) is 3.19. The van der Waals surface area contributed by atoms with Crippen LogP contribution < -0.4 is 11.4 Å². The second-order valence-corrected chi connectivity index (χ2v) is 11.5. The van der Waals surface area contributed by atoms with Gasteiger partial charge in [-0.1, -0.05) is 146 Å². The number of nitrogens with zero attached hydrogens (tertiary/aromatic N) is 6. The van der Waals surface area contributed by atoms with Gasteiger partial charge in [-0.2, -0.15) is 4.98 Å². The largest absolute Gasteiger partial charge is 0.358 e. The molecule has 0 atom stereocenters. The van der Waals surface area contributed by atoms with Gasteiger partial charge in [0, 0.05) is 22.3 Å². The normalized spacial score (nSPS) is 11.0. The van der Waals surface area contributed by atoms with Crippen LogP contribution in [-0.2, 0) is 0 Å². The van der Waals surface area contributed by atoms with Gasteiger partial charge in [-0.3, -0.25) is 0 Å². The van der Waals surface area contributed by atoms with Crippen molar-refractivity contribution in [3.63, 3.8) is 0 Å². The third kappa shape index (κ3) is 5.82. The molecule has 8 aromatic rings. The van der Waals surface area contributed by atoms with Crippen LogP contribution in [0.2, 0.25) is 0 Å². The molecule has 0 radical (unpaired) electrons. The highest BCUT2D eigenvalue weighted by Crippen LogP contribution is 2.31. The van der Waals surface area contributed by atoms with E-state index in [9.17, 15) is 9.59 Å². The summed E-state index contributed by atoms with van der Waals surface area (Å²) in [6, 6.07) is 53.1. The maximum Gasteiger partial charge on any atom is 0.358 e. The van der Waals surface area contributed by atoms with Crippen LogP contribution in [0.5, 0.6) is 0 Å². The lowest BCUT2D eigenvalue weighted by Gasteiger charge is -2.17. The molecular formula is C42H28N6O2. The summed E-state index contributed by atoms with van der Waals surface area (Å²) in [7, 11) is 0. The molecule has 0 spiro atoms. The van der Waals surface area contributed by atoms with E-state index in [0.717, 1.165) is 26.8 Å². The number of benzene rings is 6. The van der Waals surface area contributed by atoms with Crippen molar-refractivity contribution in [3.05, 3.63) is 191 Å². The Morgan fingerprint density at radius 2 is 0.800 bits per heavy atom. The fourth-order valence-electron chi connectivity index (χ4n) is 5.94. The van der Waals surface area contributed by atoms with Gasteiger partial charge in [0.2, 0.25) is 0 Å². The van der Waals surface area contributed by atoms with E-state index in [2.05, 4.69) is 4.98 Å². The molecular weight excluding hydrogens is 621 g/mol. The summed E-state index contributed by atoms with van der Waals surface area (Å²) in [6.07, 6.45) is 0. The summed E-state index contributed by atoms with van der Waals surface area (Å²) in [5.74, 6) is 1.66. The second kappa shape index (κ2) is 13.2. The highest BCUT2D eigenvalue weighted by Gasteiger charge is 2.21. The van der Waals surface area contributed by atoms with Crippen molar-refractivity contribution in [1.82, 2.24) is 29.1 Å². The Morgan fingerprint density at radius 1 is 0.360 bits per heavy atom. The van der Waals surface area contributed by atoms with E-state index in [4.69, 9.17) is 15.0 Å². The zero-order valence-corrected chi connectivity index (χ0v) is 26.7. The molecule has 0 amide bonds. The summed E-state index contributed by atoms with van der Waals surface area (Å²) in [6.45, 7) is 0. The van der Waals surface area contributed by atoms with E-state index in [-0.39, 0.29) is 5.82 Å². The Labute approximate surface area is 287 Å². The molecule has 2 aromatic heterocycles. The predicted molar refractivity (Wildman–Crippen MR) is 196 cm³/mol.